The Hall–Kier alpha value is 0.610. The Morgan fingerprint density at radius 3 is 2.22 bits per heavy atom. The molecule has 0 aromatic heterocycles. The molecular weight excluding hydrogens is 180 g/mol. The molecular formula is C3H8O3S3. The van der Waals surface area contributed by atoms with Gasteiger partial charge in [0.2, 0.25) is 0 Å². The SMILES string of the molecule is C[S+]([O-])SCS(C)(=O)=O. The number of hydrogen-bond acceptors (Lipinski definition) is 4. The van der Waals surface area contributed by atoms with Crippen molar-refractivity contribution in [3.05, 3.63) is 0 Å². The first-order valence-electron chi connectivity index (χ1n) is 2.06. The standard InChI is InChI=1S/C3H8O3S3/c1-8(4)7-3-9(2,5)6/h3H2,1-2H3. The lowest BCUT2D eigenvalue weighted by molar-refractivity contribution is 0.605. The minimum atomic E-state index is -2.95. The Morgan fingerprint density at radius 2 is 2.11 bits per heavy atom. The fourth-order valence-electron chi connectivity index (χ4n) is 0.155. The molecule has 0 aliphatic heterocycles. The van der Waals surface area contributed by atoms with Crippen molar-refractivity contribution in [2.45, 2.75) is 0 Å². The van der Waals surface area contributed by atoms with Crippen molar-refractivity contribution in [1.29, 1.82) is 0 Å². The minimum absolute atomic E-state index is 0.0594. The molecule has 0 aliphatic rings. The molecule has 3 nitrogen and oxygen atoms in total. The van der Waals surface area contributed by atoms with Crippen LogP contribution in [0.3, 0.4) is 0 Å². The fourth-order valence-corrected chi connectivity index (χ4v) is 4.19. The van der Waals surface area contributed by atoms with Crippen LogP contribution >= 0.6 is 10.8 Å². The second-order valence-corrected chi connectivity index (χ2v) is 7.51. The molecule has 0 saturated carbocycles. The van der Waals surface area contributed by atoms with Gasteiger partial charge in [-0.3, -0.25) is 0 Å². The monoisotopic (exact) mass is 188 g/mol. The quantitative estimate of drug-likeness (QED) is 0.462. The summed E-state index contributed by atoms with van der Waals surface area (Å²) >= 11 is 0. The van der Waals surface area contributed by atoms with E-state index in [-0.39, 0.29) is 5.08 Å². The van der Waals surface area contributed by atoms with Gasteiger partial charge in [0.15, 0.2) is 9.84 Å². The maximum atomic E-state index is 10.4. The molecule has 9 heavy (non-hydrogen) atoms. The molecule has 0 N–H and O–H groups in total. The highest BCUT2D eigenvalue weighted by molar-refractivity contribution is 8.73. The zero-order valence-corrected chi connectivity index (χ0v) is 7.61. The number of sulfone groups is 1. The van der Waals surface area contributed by atoms with Crippen LogP contribution in [-0.2, 0) is 20.0 Å². The Labute approximate surface area is 61.7 Å². The van der Waals surface area contributed by atoms with Gasteiger partial charge in [-0.15, -0.1) is 0 Å². The topological polar surface area (TPSA) is 57.2 Å². The van der Waals surface area contributed by atoms with E-state index >= 15 is 0 Å². The zero-order valence-electron chi connectivity index (χ0n) is 5.16. The summed E-state index contributed by atoms with van der Waals surface area (Å²) < 4.78 is 31.1. The van der Waals surface area contributed by atoms with Gasteiger partial charge in [0.25, 0.3) is 0 Å². The van der Waals surface area contributed by atoms with Crippen molar-refractivity contribution in [3.63, 3.8) is 0 Å². The lowest BCUT2D eigenvalue weighted by Crippen LogP contribution is -2.02. The molecule has 56 valence electrons. The van der Waals surface area contributed by atoms with Crippen molar-refractivity contribution in [3.8, 4) is 0 Å². The summed E-state index contributed by atoms with van der Waals surface area (Å²) in [5, 5.41) is -0.0594. The first-order chi connectivity index (χ1) is 3.92. The van der Waals surface area contributed by atoms with Gasteiger partial charge < -0.3 is 4.55 Å². The van der Waals surface area contributed by atoms with Crippen molar-refractivity contribution in [2.24, 2.45) is 0 Å². The van der Waals surface area contributed by atoms with Crippen LogP contribution in [0, 0.1) is 0 Å². The highest BCUT2D eigenvalue weighted by Gasteiger charge is 2.07. The summed E-state index contributed by atoms with van der Waals surface area (Å²) in [6.45, 7) is 0. The molecule has 0 bridgehead atoms. The summed E-state index contributed by atoms with van der Waals surface area (Å²) in [4.78, 5) is 0. The average Bonchev–Trinajstić information content (AvgIpc) is 1.59. The van der Waals surface area contributed by atoms with Crippen LogP contribution in [0.1, 0.15) is 0 Å². The molecule has 0 heterocycles. The van der Waals surface area contributed by atoms with Crippen LogP contribution in [0.4, 0.5) is 0 Å². The summed E-state index contributed by atoms with van der Waals surface area (Å²) in [6, 6.07) is 0. The highest BCUT2D eigenvalue weighted by atomic mass is 33.1. The second-order valence-electron chi connectivity index (χ2n) is 1.56. The normalized spacial score (nSPS) is 15.4. The Balaban J connectivity index is 3.53. The molecule has 1 unspecified atom stereocenters. The van der Waals surface area contributed by atoms with Gasteiger partial charge in [-0.25, -0.2) is 8.42 Å². The van der Waals surface area contributed by atoms with E-state index in [0.717, 1.165) is 17.0 Å². The largest absolute Gasteiger partial charge is 0.605 e. The molecule has 0 radical (unpaired) electrons. The first kappa shape index (κ1) is 9.61. The summed E-state index contributed by atoms with van der Waals surface area (Å²) in [5.74, 6) is 0. The van der Waals surface area contributed by atoms with Crippen LogP contribution in [0.5, 0.6) is 0 Å². The molecule has 0 aliphatic carbocycles. The predicted molar refractivity (Wildman–Crippen MR) is 41.4 cm³/mol. The van der Waals surface area contributed by atoms with E-state index in [1.807, 2.05) is 0 Å². The van der Waals surface area contributed by atoms with Crippen LogP contribution in [0.2, 0.25) is 0 Å². The third-order valence-electron chi connectivity index (χ3n) is 0.428. The Bertz CT molecular complexity index is 159. The molecule has 0 aromatic rings. The van der Waals surface area contributed by atoms with E-state index in [2.05, 4.69) is 0 Å². The lowest BCUT2D eigenvalue weighted by Gasteiger charge is -1.98. The van der Waals surface area contributed by atoms with E-state index in [1.165, 1.54) is 6.26 Å². The number of hydrogen-bond donors (Lipinski definition) is 0. The van der Waals surface area contributed by atoms with Gasteiger partial charge in [-0.1, -0.05) is 0 Å². The van der Waals surface area contributed by atoms with Gasteiger partial charge in [-0.05, 0) is 0 Å². The van der Waals surface area contributed by atoms with E-state index in [9.17, 15) is 13.0 Å². The predicted octanol–water partition coefficient (Wildman–Crippen LogP) is 0.0152. The average molecular weight is 188 g/mol. The lowest BCUT2D eigenvalue weighted by atomic mass is 11.9. The zero-order chi connectivity index (χ0) is 7.49. The first-order valence-corrected chi connectivity index (χ1v) is 7.18. The van der Waals surface area contributed by atoms with E-state index < -0.39 is 20.0 Å². The van der Waals surface area contributed by atoms with Crippen LogP contribution in [0.25, 0.3) is 0 Å². The molecule has 0 spiro atoms. The van der Waals surface area contributed by atoms with Crippen molar-refractivity contribution < 1.29 is 13.0 Å². The van der Waals surface area contributed by atoms with Crippen molar-refractivity contribution >= 4 is 30.8 Å². The smallest absolute Gasteiger partial charge is 0.161 e. The van der Waals surface area contributed by atoms with Crippen molar-refractivity contribution in [1.82, 2.24) is 0 Å². The molecule has 0 rings (SSSR count). The second kappa shape index (κ2) is 3.70. The Morgan fingerprint density at radius 1 is 1.67 bits per heavy atom. The minimum Gasteiger partial charge on any atom is -0.605 e. The van der Waals surface area contributed by atoms with E-state index in [0.29, 0.717) is 0 Å². The van der Waals surface area contributed by atoms with Crippen LogP contribution in [0.15, 0.2) is 0 Å². The van der Waals surface area contributed by atoms with Gasteiger partial charge >= 0.3 is 0 Å². The fraction of sp³-hybridized carbons (Fsp3) is 1.00. The van der Waals surface area contributed by atoms with Crippen LogP contribution in [-0.4, -0.2) is 30.6 Å². The van der Waals surface area contributed by atoms with Gasteiger partial charge in [-0.2, -0.15) is 0 Å². The molecule has 0 amide bonds. The number of rotatable bonds is 3. The molecule has 6 heteroatoms. The van der Waals surface area contributed by atoms with Crippen LogP contribution < -0.4 is 0 Å². The molecule has 0 aromatic carbocycles. The maximum Gasteiger partial charge on any atom is 0.161 e. The van der Waals surface area contributed by atoms with E-state index in [4.69, 9.17) is 0 Å². The van der Waals surface area contributed by atoms with Crippen molar-refractivity contribution in [2.75, 3.05) is 17.6 Å². The summed E-state index contributed by atoms with van der Waals surface area (Å²) in [5.41, 5.74) is 0. The highest BCUT2D eigenvalue weighted by Crippen LogP contribution is 2.11. The van der Waals surface area contributed by atoms with Gasteiger partial charge in [0.1, 0.15) is 22.1 Å². The maximum absolute atomic E-state index is 10.4. The van der Waals surface area contributed by atoms with Gasteiger partial charge in [0, 0.05) is 16.5 Å². The Kier molecular flexibility index (Phi) is 3.95. The third kappa shape index (κ3) is 8.61. The third-order valence-corrected chi connectivity index (χ3v) is 4.72. The molecule has 0 fully saturated rings. The molecule has 0 saturated heterocycles. The summed E-state index contributed by atoms with van der Waals surface area (Å²) in [7, 11) is -3.10. The molecule has 1 atom stereocenters. The summed E-state index contributed by atoms with van der Waals surface area (Å²) in [6.07, 6.45) is 2.57. The van der Waals surface area contributed by atoms with Gasteiger partial charge in [0.05, 0.1) is 0 Å². The van der Waals surface area contributed by atoms with E-state index in [1.54, 1.807) is 0 Å².